The SMILES string of the molecule is [2H]C([2H])([2H])Oc1cc(C(=O)OCCCN(C)CCN(C)CCCOC(=O)c2cc(OC([2H])([2H])[2H])c(OC([2H])([2H])[2H])c(OC([2H])([2H])[2H])c2)cc(OC([2H])([2H])[2H])c1OC([2H])([2H])[2H]. The fourth-order valence-corrected chi connectivity index (χ4v) is 3.62. The van der Waals surface area contributed by atoms with Gasteiger partial charge in [-0.2, -0.15) is 0 Å². The minimum atomic E-state index is -3.18. The van der Waals surface area contributed by atoms with Crippen LogP contribution in [-0.4, -0.2) is 117 Å². The van der Waals surface area contributed by atoms with Crippen molar-refractivity contribution in [3.8, 4) is 34.5 Å². The van der Waals surface area contributed by atoms with Crippen LogP contribution >= 0.6 is 0 Å². The second-order valence-corrected chi connectivity index (χ2v) is 8.80. The molecule has 12 nitrogen and oxygen atoms in total. The smallest absolute Gasteiger partial charge is 0.338 e. The summed E-state index contributed by atoms with van der Waals surface area (Å²) in [5.74, 6) is -7.02. The third-order valence-electron chi connectivity index (χ3n) is 5.86. The molecule has 0 radical (unpaired) electrons. The van der Waals surface area contributed by atoms with Gasteiger partial charge in [-0.3, -0.25) is 0 Å². The first-order chi connectivity index (χ1) is 27.1. The van der Waals surface area contributed by atoms with Crippen LogP contribution in [0.1, 0.15) is 58.2 Å². The lowest BCUT2D eigenvalue weighted by Gasteiger charge is -2.22. The second-order valence-electron chi connectivity index (χ2n) is 8.80. The van der Waals surface area contributed by atoms with E-state index in [1.165, 1.54) is 0 Å². The Hall–Kier alpha value is -3.90. The predicted octanol–water partition coefficient (Wildman–Crippen LogP) is 3.40. The van der Waals surface area contributed by atoms with Gasteiger partial charge in [-0.15, -0.1) is 0 Å². The van der Waals surface area contributed by atoms with E-state index in [4.69, 9.17) is 62.6 Å². The van der Waals surface area contributed by atoms with Gasteiger partial charge in [0.2, 0.25) is 11.5 Å². The van der Waals surface area contributed by atoms with Crippen LogP contribution in [0.25, 0.3) is 0 Å². The lowest BCUT2D eigenvalue weighted by molar-refractivity contribution is 0.0475. The average molecular weight is 611 g/mol. The van der Waals surface area contributed by atoms with E-state index >= 15 is 0 Å². The molecule has 0 bridgehead atoms. The van der Waals surface area contributed by atoms with Gasteiger partial charge >= 0.3 is 11.9 Å². The quantitative estimate of drug-likeness (QED) is 0.172. The zero-order valence-electron chi connectivity index (χ0n) is 40.9. The number of benzene rings is 2. The van der Waals surface area contributed by atoms with Crippen molar-refractivity contribution < 1.29 is 72.2 Å². The zero-order chi connectivity index (χ0) is 46.1. The maximum atomic E-state index is 12.9. The lowest BCUT2D eigenvalue weighted by atomic mass is 10.2. The van der Waals surface area contributed by atoms with E-state index in [0.29, 0.717) is 39.0 Å². The summed E-state index contributed by atoms with van der Waals surface area (Å²) in [5.41, 5.74) is -0.824. The number of esters is 2. The molecule has 0 N–H and O–H groups in total. The summed E-state index contributed by atoms with van der Waals surface area (Å²) < 4.78 is 172. The molecule has 0 heterocycles. The van der Waals surface area contributed by atoms with Crippen LogP contribution in [0.15, 0.2) is 24.3 Å². The van der Waals surface area contributed by atoms with Crippen LogP contribution < -0.4 is 28.4 Å². The highest BCUT2D eigenvalue weighted by molar-refractivity contribution is 5.91. The summed E-state index contributed by atoms with van der Waals surface area (Å²) in [7, 11) is -15.4. The number of likely N-dealkylation sites (N-methyl/N-ethyl adjacent to an activating group) is 2. The molecule has 0 aliphatic carbocycles. The number of methoxy groups -OCH3 is 6. The highest BCUT2D eigenvalue weighted by Gasteiger charge is 2.19. The lowest BCUT2D eigenvalue weighted by Crippen LogP contribution is -2.32. The Morgan fingerprint density at radius 2 is 0.905 bits per heavy atom. The highest BCUT2D eigenvalue weighted by atomic mass is 16.5. The largest absolute Gasteiger partial charge is 0.493 e. The highest BCUT2D eigenvalue weighted by Crippen LogP contribution is 2.39. The van der Waals surface area contributed by atoms with Gasteiger partial charge in [0.25, 0.3) is 0 Å². The van der Waals surface area contributed by atoms with Gasteiger partial charge in [0.15, 0.2) is 23.0 Å². The molecule has 2 aromatic rings. The minimum absolute atomic E-state index is 0.133. The molecule has 0 aliphatic heterocycles. The van der Waals surface area contributed by atoms with Crippen LogP contribution in [0, 0.1) is 0 Å². The predicted molar refractivity (Wildman–Crippen MR) is 157 cm³/mol. The summed E-state index contributed by atoms with van der Waals surface area (Å²) in [6.07, 6.45) is 0.641. The first-order valence-corrected chi connectivity index (χ1v) is 12.3. The number of hydrogen-bond donors (Lipinski definition) is 0. The molecule has 0 atom stereocenters. The van der Waals surface area contributed by atoms with Gasteiger partial charge in [-0.25, -0.2) is 9.59 Å². The van der Waals surface area contributed by atoms with E-state index in [2.05, 4.69) is 0 Å². The summed E-state index contributed by atoms with van der Waals surface area (Å²) >= 11 is 0. The standard InChI is InChI=1S/C30H44N2O10/c1-31(11-9-15-41-29(33)21-17-23(35-3)27(39-7)24(18-21)36-4)13-14-32(2)12-10-16-42-30(34)22-19-25(37-5)28(40-8)26(20-22)38-6/h17-20H,9-16H2,1-8H3/i3D3,4D3,5D3,6D3,7D3,8D3. The van der Waals surface area contributed by atoms with Gasteiger partial charge < -0.3 is 47.7 Å². The Morgan fingerprint density at radius 3 is 1.21 bits per heavy atom. The third kappa shape index (κ3) is 9.88. The molecule has 2 rings (SSSR count). The van der Waals surface area contributed by atoms with Gasteiger partial charge in [0.1, 0.15) is 0 Å². The van der Waals surface area contributed by atoms with Crippen LogP contribution in [-0.2, 0) is 9.47 Å². The summed E-state index contributed by atoms with van der Waals surface area (Å²) in [6.45, 7) is 1.66. The fourth-order valence-electron chi connectivity index (χ4n) is 3.62. The van der Waals surface area contributed by atoms with Crippen molar-refractivity contribution in [2.45, 2.75) is 12.8 Å². The number of nitrogens with zero attached hydrogens (tertiary/aromatic N) is 2. The van der Waals surface area contributed by atoms with Crippen molar-refractivity contribution in [3.63, 3.8) is 0 Å². The molecule has 0 saturated carbocycles. The van der Waals surface area contributed by atoms with Crippen molar-refractivity contribution in [2.75, 3.05) is 95.7 Å². The molecular weight excluding hydrogens is 548 g/mol. The van der Waals surface area contributed by atoms with Gasteiger partial charge in [-0.05, 0) is 51.2 Å². The van der Waals surface area contributed by atoms with E-state index in [-0.39, 0.29) is 13.2 Å². The summed E-state index contributed by atoms with van der Waals surface area (Å²) in [4.78, 5) is 29.6. The average Bonchev–Trinajstić information content (AvgIpc) is 3.02. The van der Waals surface area contributed by atoms with E-state index in [1.54, 1.807) is 14.1 Å². The molecule has 0 unspecified atom stereocenters. The third-order valence-corrected chi connectivity index (χ3v) is 5.86. The van der Waals surface area contributed by atoms with E-state index < -0.39 is 99.8 Å². The Labute approximate surface area is 273 Å². The van der Waals surface area contributed by atoms with Crippen LogP contribution in [0.5, 0.6) is 34.5 Å². The molecule has 0 aromatic heterocycles. The van der Waals surface area contributed by atoms with Crippen LogP contribution in [0.4, 0.5) is 0 Å². The Morgan fingerprint density at radius 1 is 0.571 bits per heavy atom. The molecule has 0 saturated heterocycles. The van der Waals surface area contributed by atoms with Crippen molar-refractivity contribution in [2.24, 2.45) is 0 Å². The van der Waals surface area contributed by atoms with Crippen LogP contribution in [0.3, 0.4) is 0 Å². The number of carbonyl (C=O) groups excluding carboxylic acids is 2. The second kappa shape index (κ2) is 17.8. The molecule has 2 aromatic carbocycles. The van der Waals surface area contributed by atoms with Crippen LogP contribution in [0.2, 0.25) is 0 Å². The molecule has 0 aliphatic rings. The Bertz CT molecular complexity index is 1540. The van der Waals surface area contributed by atoms with E-state index in [9.17, 15) is 9.59 Å². The molecule has 234 valence electrons. The van der Waals surface area contributed by atoms with Crippen molar-refractivity contribution in [3.05, 3.63) is 35.4 Å². The Balaban J connectivity index is 1.95. The number of ether oxygens (including phenoxy) is 8. The van der Waals surface area contributed by atoms with Gasteiger partial charge in [-0.1, -0.05) is 0 Å². The number of carbonyl (C=O) groups is 2. The number of hydrogen-bond acceptors (Lipinski definition) is 12. The molecule has 42 heavy (non-hydrogen) atoms. The summed E-state index contributed by atoms with van der Waals surface area (Å²) in [6, 6.07) is 3.30. The molecule has 0 fully saturated rings. The molecule has 0 spiro atoms. The monoisotopic (exact) mass is 610 g/mol. The maximum absolute atomic E-state index is 12.9. The molecule has 0 amide bonds. The maximum Gasteiger partial charge on any atom is 0.338 e. The van der Waals surface area contributed by atoms with E-state index in [1.807, 2.05) is 9.80 Å². The number of rotatable bonds is 19. The Kier molecular flexibility index (Phi) is 6.82. The molecular formula is C30H44N2O10. The van der Waals surface area contributed by atoms with E-state index in [0.717, 1.165) is 24.3 Å². The van der Waals surface area contributed by atoms with Gasteiger partial charge in [0, 0.05) is 26.2 Å². The minimum Gasteiger partial charge on any atom is -0.493 e. The van der Waals surface area contributed by atoms with Crippen molar-refractivity contribution in [1.82, 2.24) is 9.80 Å². The normalized spacial score (nSPS) is 19.0. The zero-order valence-corrected chi connectivity index (χ0v) is 22.9. The first-order valence-electron chi connectivity index (χ1n) is 21.3. The summed E-state index contributed by atoms with van der Waals surface area (Å²) in [5, 5.41) is 0. The first kappa shape index (κ1) is 16.1. The van der Waals surface area contributed by atoms with Crippen molar-refractivity contribution >= 4 is 11.9 Å². The fraction of sp³-hybridized carbons (Fsp3) is 0.533. The molecule has 12 heteroatoms. The van der Waals surface area contributed by atoms with Crippen molar-refractivity contribution in [1.29, 1.82) is 0 Å². The van der Waals surface area contributed by atoms with Gasteiger partial charge in [0.05, 0.1) is 91.2 Å². The topological polar surface area (TPSA) is 114 Å².